The number of pyridine rings is 1. The summed E-state index contributed by atoms with van der Waals surface area (Å²) in [6.45, 7) is 3.72. The molecule has 9 heteroatoms. The number of sulfonamides is 1. The molecule has 170 valence electrons. The van der Waals surface area contributed by atoms with Crippen LogP contribution in [-0.2, 0) is 21.2 Å². The van der Waals surface area contributed by atoms with Crippen LogP contribution in [0.5, 0.6) is 5.88 Å². The van der Waals surface area contributed by atoms with Gasteiger partial charge in [-0.3, -0.25) is 4.79 Å². The third kappa shape index (κ3) is 5.54. The number of ether oxygens (including phenoxy) is 1. The van der Waals surface area contributed by atoms with Crippen molar-refractivity contribution in [2.45, 2.75) is 31.1 Å². The number of hydrogen-bond donors (Lipinski definition) is 1. The highest BCUT2D eigenvalue weighted by Crippen LogP contribution is 2.33. The predicted molar refractivity (Wildman–Crippen MR) is 120 cm³/mol. The van der Waals surface area contributed by atoms with E-state index < -0.39 is 21.7 Å². The van der Waals surface area contributed by atoms with Crippen LogP contribution in [0.3, 0.4) is 0 Å². The highest BCUT2D eigenvalue weighted by Gasteiger charge is 2.22. The molecule has 0 saturated carbocycles. The molecule has 2 aromatic carbocycles. The van der Waals surface area contributed by atoms with E-state index in [9.17, 15) is 17.6 Å². The third-order valence-corrected chi connectivity index (χ3v) is 6.36. The number of nitriles is 1. The average Bonchev–Trinajstić information content (AvgIpc) is 2.79. The molecule has 33 heavy (non-hydrogen) atoms. The molecule has 0 aliphatic rings. The Balaban J connectivity index is 2.01. The van der Waals surface area contributed by atoms with Crippen molar-refractivity contribution in [3.63, 3.8) is 0 Å². The smallest absolute Gasteiger partial charge is 0.264 e. The van der Waals surface area contributed by atoms with Gasteiger partial charge in [0, 0.05) is 12.3 Å². The molecular formula is C24H22FN3O4S. The van der Waals surface area contributed by atoms with Crippen molar-refractivity contribution in [2.75, 3.05) is 7.11 Å². The van der Waals surface area contributed by atoms with E-state index in [1.165, 1.54) is 49.7 Å². The lowest BCUT2D eigenvalue weighted by atomic mass is 9.88. The molecule has 1 amide bonds. The Labute approximate surface area is 191 Å². The molecular weight excluding hydrogens is 445 g/mol. The van der Waals surface area contributed by atoms with Gasteiger partial charge in [-0.1, -0.05) is 19.9 Å². The molecule has 7 nitrogen and oxygen atoms in total. The van der Waals surface area contributed by atoms with E-state index in [2.05, 4.69) is 4.98 Å². The van der Waals surface area contributed by atoms with Gasteiger partial charge in [-0.25, -0.2) is 22.5 Å². The molecule has 0 atom stereocenters. The molecule has 1 aromatic heterocycles. The first-order valence-corrected chi connectivity index (χ1v) is 11.5. The summed E-state index contributed by atoms with van der Waals surface area (Å²) in [5.41, 5.74) is 2.26. The molecule has 0 radical (unpaired) electrons. The number of halogens is 1. The van der Waals surface area contributed by atoms with Crippen LogP contribution in [0.1, 0.15) is 36.5 Å². The van der Waals surface area contributed by atoms with Crippen LogP contribution in [-0.4, -0.2) is 26.4 Å². The monoisotopic (exact) mass is 467 g/mol. The zero-order chi connectivity index (χ0) is 24.2. The minimum Gasteiger partial charge on any atom is -0.481 e. The highest BCUT2D eigenvalue weighted by molar-refractivity contribution is 7.90. The zero-order valence-electron chi connectivity index (χ0n) is 18.3. The minimum absolute atomic E-state index is 0.130. The van der Waals surface area contributed by atoms with Crippen LogP contribution in [0.25, 0.3) is 11.1 Å². The molecule has 0 unspecified atom stereocenters. The standard InChI is InChI=1S/C24H22FN3O4S/c1-15(2)20-11-18(25)12-21(17-7-8-27-24(10-17)32-3)22(20)13-23(29)28-33(30,31)19-6-4-5-16(9-19)14-26/h4-12,15H,13H2,1-3H3,(H,28,29). The number of aromatic nitrogens is 1. The van der Waals surface area contributed by atoms with Crippen molar-refractivity contribution >= 4 is 15.9 Å². The maximum absolute atomic E-state index is 14.5. The quantitative estimate of drug-likeness (QED) is 0.564. The van der Waals surface area contributed by atoms with Gasteiger partial charge in [0.1, 0.15) is 5.82 Å². The molecule has 3 rings (SSSR count). The van der Waals surface area contributed by atoms with E-state index in [1.807, 2.05) is 24.6 Å². The third-order valence-electron chi connectivity index (χ3n) is 4.99. The van der Waals surface area contributed by atoms with Crippen LogP contribution in [0.15, 0.2) is 59.6 Å². The highest BCUT2D eigenvalue weighted by atomic mass is 32.2. The van der Waals surface area contributed by atoms with Crippen molar-refractivity contribution < 1.29 is 22.3 Å². The number of carbonyl (C=O) groups excluding carboxylic acids is 1. The number of methoxy groups -OCH3 is 1. The van der Waals surface area contributed by atoms with E-state index in [1.54, 1.807) is 12.1 Å². The normalized spacial score (nSPS) is 11.2. The maximum Gasteiger partial charge on any atom is 0.264 e. The van der Waals surface area contributed by atoms with E-state index in [4.69, 9.17) is 10.00 Å². The fraction of sp³-hybridized carbons (Fsp3) is 0.208. The summed E-state index contributed by atoms with van der Waals surface area (Å²) in [6, 6.07) is 13.1. The molecule has 0 fully saturated rings. The second-order valence-corrected chi connectivity index (χ2v) is 9.29. The van der Waals surface area contributed by atoms with Crippen LogP contribution in [0.2, 0.25) is 0 Å². The summed E-state index contributed by atoms with van der Waals surface area (Å²) < 4.78 is 47.0. The fourth-order valence-electron chi connectivity index (χ4n) is 3.45. The number of hydrogen-bond acceptors (Lipinski definition) is 6. The van der Waals surface area contributed by atoms with Gasteiger partial charge in [-0.05, 0) is 64.6 Å². The largest absolute Gasteiger partial charge is 0.481 e. The molecule has 0 aliphatic heterocycles. The topological polar surface area (TPSA) is 109 Å². The van der Waals surface area contributed by atoms with Gasteiger partial charge in [-0.2, -0.15) is 5.26 Å². The van der Waals surface area contributed by atoms with Gasteiger partial charge < -0.3 is 4.74 Å². The molecule has 1 heterocycles. The molecule has 1 N–H and O–H groups in total. The Morgan fingerprint density at radius 3 is 2.64 bits per heavy atom. The van der Waals surface area contributed by atoms with E-state index >= 15 is 0 Å². The lowest BCUT2D eigenvalue weighted by Gasteiger charge is -2.18. The summed E-state index contributed by atoms with van der Waals surface area (Å²) in [5.74, 6) is -1.07. The molecule has 0 aliphatic carbocycles. The second-order valence-electron chi connectivity index (χ2n) is 7.61. The molecule has 0 spiro atoms. The summed E-state index contributed by atoms with van der Waals surface area (Å²) in [7, 11) is -2.74. The van der Waals surface area contributed by atoms with E-state index in [0.717, 1.165) is 0 Å². The summed E-state index contributed by atoms with van der Waals surface area (Å²) in [4.78, 5) is 16.7. The van der Waals surface area contributed by atoms with Gasteiger partial charge in [0.15, 0.2) is 0 Å². The predicted octanol–water partition coefficient (Wildman–Crippen LogP) is 3.94. The first kappa shape index (κ1) is 23.9. The number of amides is 1. The van der Waals surface area contributed by atoms with Crippen molar-refractivity contribution in [2.24, 2.45) is 0 Å². The van der Waals surface area contributed by atoms with Gasteiger partial charge in [0.25, 0.3) is 10.0 Å². The van der Waals surface area contributed by atoms with Gasteiger partial charge in [-0.15, -0.1) is 0 Å². The van der Waals surface area contributed by atoms with Crippen LogP contribution in [0, 0.1) is 17.1 Å². The maximum atomic E-state index is 14.5. The summed E-state index contributed by atoms with van der Waals surface area (Å²) in [6.07, 6.45) is 1.20. The lowest BCUT2D eigenvalue weighted by Crippen LogP contribution is -2.32. The van der Waals surface area contributed by atoms with Gasteiger partial charge in [0.05, 0.1) is 30.1 Å². The number of benzene rings is 2. The molecule has 0 saturated heterocycles. The van der Waals surface area contributed by atoms with Crippen molar-refractivity contribution in [3.8, 4) is 23.1 Å². The Bertz CT molecular complexity index is 1350. The van der Waals surface area contributed by atoms with Gasteiger partial charge in [0.2, 0.25) is 11.8 Å². The first-order chi connectivity index (χ1) is 15.6. The Morgan fingerprint density at radius 2 is 1.97 bits per heavy atom. The first-order valence-electron chi connectivity index (χ1n) is 10.0. The molecule has 0 bridgehead atoms. The second kappa shape index (κ2) is 9.79. The molecule has 3 aromatic rings. The lowest BCUT2D eigenvalue weighted by molar-refractivity contribution is -0.118. The van der Waals surface area contributed by atoms with Crippen LogP contribution < -0.4 is 9.46 Å². The minimum atomic E-state index is -4.20. The Hall–Kier alpha value is -3.77. The van der Waals surface area contributed by atoms with Crippen molar-refractivity contribution in [3.05, 3.63) is 77.2 Å². The summed E-state index contributed by atoms with van der Waals surface area (Å²) >= 11 is 0. The SMILES string of the molecule is COc1cc(-c2cc(F)cc(C(C)C)c2CC(=O)NS(=O)(=O)c2cccc(C#N)c2)ccn1. The Kier molecular flexibility index (Phi) is 7.09. The van der Waals surface area contributed by atoms with E-state index in [0.29, 0.717) is 28.1 Å². The van der Waals surface area contributed by atoms with E-state index in [-0.39, 0.29) is 22.8 Å². The Morgan fingerprint density at radius 1 is 1.21 bits per heavy atom. The van der Waals surface area contributed by atoms with Crippen LogP contribution >= 0.6 is 0 Å². The number of carbonyl (C=O) groups is 1. The zero-order valence-corrected chi connectivity index (χ0v) is 19.1. The average molecular weight is 468 g/mol. The van der Waals surface area contributed by atoms with Crippen molar-refractivity contribution in [1.82, 2.24) is 9.71 Å². The fourth-order valence-corrected chi connectivity index (χ4v) is 4.48. The van der Waals surface area contributed by atoms with Crippen molar-refractivity contribution in [1.29, 1.82) is 5.26 Å². The summed E-state index contributed by atoms with van der Waals surface area (Å²) in [5, 5.41) is 9.01. The van der Waals surface area contributed by atoms with Crippen LogP contribution in [0.4, 0.5) is 4.39 Å². The van der Waals surface area contributed by atoms with Gasteiger partial charge >= 0.3 is 0 Å². The number of nitrogens with one attached hydrogen (secondary N) is 1. The number of nitrogens with zero attached hydrogens (tertiary/aromatic N) is 2. The number of rotatable bonds is 7.